The summed E-state index contributed by atoms with van der Waals surface area (Å²) in [7, 11) is -3.63. The predicted octanol–water partition coefficient (Wildman–Crippen LogP) is 3.64. The molecule has 1 aliphatic rings. The summed E-state index contributed by atoms with van der Waals surface area (Å²) in [5.41, 5.74) is 3.39. The van der Waals surface area contributed by atoms with Gasteiger partial charge in [-0.1, -0.05) is 19.1 Å². The van der Waals surface area contributed by atoms with Crippen LogP contribution in [0.2, 0.25) is 0 Å². The number of carbonyl (C=O) groups is 1. The summed E-state index contributed by atoms with van der Waals surface area (Å²) in [6, 6.07) is 14.1. The molecule has 2 aromatic rings. The summed E-state index contributed by atoms with van der Waals surface area (Å²) in [6.45, 7) is 5.75. The highest BCUT2D eigenvalue weighted by Crippen LogP contribution is 2.24. The Morgan fingerprint density at radius 2 is 1.66 bits per heavy atom. The molecule has 1 fully saturated rings. The van der Waals surface area contributed by atoms with E-state index in [1.165, 1.54) is 17.1 Å². The highest BCUT2D eigenvalue weighted by atomic mass is 32.2. The van der Waals surface area contributed by atoms with Crippen molar-refractivity contribution in [1.29, 1.82) is 0 Å². The minimum Gasteiger partial charge on any atom is -0.372 e. The number of nitrogens with zero attached hydrogens (tertiary/aromatic N) is 2. The Labute approximate surface area is 173 Å². The van der Waals surface area contributed by atoms with Crippen LogP contribution in [0.1, 0.15) is 32.3 Å². The smallest absolute Gasteiger partial charge is 0.247 e. The number of anilines is 3. The first-order valence-electron chi connectivity index (χ1n) is 10.0. The molecule has 0 bridgehead atoms. The van der Waals surface area contributed by atoms with Crippen molar-refractivity contribution in [1.82, 2.24) is 0 Å². The normalized spacial score (nSPS) is 15.2. The summed E-state index contributed by atoms with van der Waals surface area (Å²) < 4.78 is 26.0. The molecule has 156 valence electrons. The predicted molar refractivity (Wildman–Crippen MR) is 119 cm³/mol. The zero-order chi connectivity index (χ0) is 21.0. The van der Waals surface area contributed by atoms with Crippen LogP contribution >= 0.6 is 0 Å². The molecule has 0 saturated carbocycles. The lowest BCUT2D eigenvalue weighted by Crippen LogP contribution is -2.45. The number of benzene rings is 2. The molecule has 2 aromatic carbocycles. The van der Waals surface area contributed by atoms with E-state index in [4.69, 9.17) is 0 Å². The van der Waals surface area contributed by atoms with Gasteiger partial charge >= 0.3 is 0 Å². The van der Waals surface area contributed by atoms with E-state index in [0.717, 1.165) is 37.0 Å². The molecule has 1 heterocycles. The Hall–Kier alpha value is -2.54. The quantitative estimate of drug-likeness (QED) is 0.750. The standard InChI is InChI=1S/C22H29N3O3S/c1-4-18-7-11-21(12-8-18)25(29(3,27)28)17(2)22(26)23-19-9-13-20(14-10-19)24-15-5-6-16-24/h7-14,17H,4-6,15-16H2,1-3H3,(H,23,26). The van der Waals surface area contributed by atoms with Crippen molar-refractivity contribution in [3.63, 3.8) is 0 Å². The van der Waals surface area contributed by atoms with Crippen LogP contribution in [0.15, 0.2) is 48.5 Å². The first-order chi connectivity index (χ1) is 13.8. The molecule has 6 nitrogen and oxygen atoms in total. The van der Waals surface area contributed by atoms with Gasteiger partial charge in [-0.3, -0.25) is 9.10 Å². The van der Waals surface area contributed by atoms with Crippen molar-refractivity contribution in [3.05, 3.63) is 54.1 Å². The molecule has 1 N–H and O–H groups in total. The van der Waals surface area contributed by atoms with Gasteiger partial charge in [0.1, 0.15) is 6.04 Å². The van der Waals surface area contributed by atoms with Gasteiger partial charge in [0, 0.05) is 24.5 Å². The molecule has 0 radical (unpaired) electrons. The lowest BCUT2D eigenvalue weighted by atomic mass is 10.1. The zero-order valence-electron chi connectivity index (χ0n) is 17.3. The lowest BCUT2D eigenvalue weighted by molar-refractivity contribution is -0.116. The number of aryl methyl sites for hydroxylation is 1. The maximum atomic E-state index is 12.8. The molecule has 1 amide bonds. The van der Waals surface area contributed by atoms with Crippen LogP contribution in [0, 0.1) is 0 Å². The molecule has 0 aliphatic carbocycles. The summed E-state index contributed by atoms with van der Waals surface area (Å²) in [5, 5.41) is 2.84. The van der Waals surface area contributed by atoms with Crippen LogP contribution in [0.5, 0.6) is 0 Å². The second-order valence-corrected chi connectivity index (χ2v) is 9.34. The van der Waals surface area contributed by atoms with Gasteiger partial charge in [-0.15, -0.1) is 0 Å². The van der Waals surface area contributed by atoms with E-state index in [1.807, 2.05) is 43.3 Å². The van der Waals surface area contributed by atoms with E-state index in [9.17, 15) is 13.2 Å². The second kappa shape index (κ2) is 8.86. The van der Waals surface area contributed by atoms with Gasteiger partial charge in [0.15, 0.2) is 0 Å². The summed E-state index contributed by atoms with van der Waals surface area (Å²) in [4.78, 5) is 15.1. The Bertz CT molecular complexity index is 934. The van der Waals surface area contributed by atoms with Crippen molar-refractivity contribution in [2.45, 2.75) is 39.2 Å². The first-order valence-corrected chi connectivity index (χ1v) is 11.9. The third-order valence-corrected chi connectivity index (χ3v) is 6.54. The number of hydrogen-bond donors (Lipinski definition) is 1. The molecule has 0 aromatic heterocycles. The SMILES string of the molecule is CCc1ccc(N(C(C)C(=O)Nc2ccc(N3CCCC3)cc2)S(C)(=O)=O)cc1. The Kier molecular flexibility index (Phi) is 6.47. The fourth-order valence-corrected chi connectivity index (χ4v) is 4.84. The number of sulfonamides is 1. The van der Waals surface area contributed by atoms with Gasteiger partial charge in [0.2, 0.25) is 15.9 Å². The van der Waals surface area contributed by atoms with Crippen molar-refractivity contribution < 1.29 is 13.2 Å². The molecule has 1 unspecified atom stereocenters. The maximum Gasteiger partial charge on any atom is 0.247 e. The minimum absolute atomic E-state index is 0.371. The topological polar surface area (TPSA) is 69.7 Å². The largest absolute Gasteiger partial charge is 0.372 e. The van der Waals surface area contributed by atoms with Gasteiger partial charge in [-0.05, 0) is 68.1 Å². The van der Waals surface area contributed by atoms with Gasteiger partial charge < -0.3 is 10.2 Å². The van der Waals surface area contributed by atoms with Gasteiger partial charge in [0.25, 0.3) is 0 Å². The third-order valence-electron chi connectivity index (χ3n) is 5.29. The maximum absolute atomic E-state index is 12.8. The Balaban J connectivity index is 1.75. The van der Waals surface area contributed by atoms with Crippen molar-refractivity contribution >= 4 is 33.0 Å². The molecular weight excluding hydrogens is 386 g/mol. The van der Waals surface area contributed by atoms with Crippen LogP contribution in [0.4, 0.5) is 17.1 Å². The second-order valence-electron chi connectivity index (χ2n) is 7.49. The van der Waals surface area contributed by atoms with E-state index >= 15 is 0 Å². The molecular formula is C22H29N3O3S. The van der Waals surface area contributed by atoms with E-state index in [-0.39, 0.29) is 5.91 Å². The number of hydrogen-bond acceptors (Lipinski definition) is 4. The van der Waals surface area contributed by atoms with Crippen LogP contribution in [-0.2, 0) is 21.2 Å². The molecule has 1 aliphatic heterocycles. The fraction of sp³-hybridized carbons (Fsp3) is 0.409. The molecule has 1 saturated heterocycles. The van der Waals surface area contributed by atoms with Crippen LogP contribution in [0.25, 0.3) is 0 Å². The molecule has 1 atom stereocenters. The van der Waals surface area contributed by atoms with E-state index in [1.54, 1.807) is 19.1 Å². The summed E-state index contributed by atoms with van der Waals surface area (Å²) >= 11 is 0. The van der Waals surface area contributed by atoms with Gasteiger partial charge in [0.05, 0.1) is 11.9 Å². The van der Waals surface area contributed by atoms with Gasteiger partial charge in [-0.25, -0.2) is 8.42 Å². The zero-order valence-corrected chi connectivity index (χ0v) is 18.1. The van der Waals surface area contributed by atoms with Crippen LogP contribution in [0.3, 0.4) is 0 Å². The van der Waals surface area contributed by atoms with Crippen molar-refractivity contribution in [2.24, 2.45) is 0 Å². The molecule has 3 rings (SSSR count). The monoisotopic (exact) mass is 415 g/mol. The van der Waals surface area contributed by atoms with Crippen molar-refractivity contribution in [2.75, 3.05) is 33.9 Å². The van der Waals surface area contributed by atoms with Crippen molar-refractivity contribution in [3.8, 4) is 0 Å². The minimum atomic E-state index is -3.63. The lowest BCUT2D eigenvalue weighted by Gasteiger charge is -2.28. The Morgan fingerprint density at radius 3 is 2.17 bits per heavy atom. The molecule has 7 heteroatoms. The number of nitrogens with one attached hydrogen (secondary N) is 1. The molecule has 29 heavy (non-hydrogen) atoms. The first kappa shape index (κ1) is 21.2. The van der Waals surface area contributed by atoms with Gasteiger partial charge in [-0.2, -0.15) is 0 Å². The number of rotatable bonds is 7. The van der Waals surface area contributed by atoms with E-state index in [0.29, 0.717) is 11.4 Å². The third kappa shape index (κ3) is 5.09. The number of amides is 1. The number of carbonyl (C=O) groups excluding carboxylic acids is 1. The van der Waals surface area contributed by atoms with E-state index < -0.39 is 16.1 Å². The fourth-order valence-electron chi connectivity index (χ4n) is 3.66. The average molecular weight is 416 g/mol. The summed E-state index contributed by atoms with van der Waals surface area (Å²) in [6.07, 6.45) is 4.39. The van der Waals surface area contributed by atoms with Crippen LogP contribution < -0.4 is 14.5 Å². The van der Waals surface area contributed by atoms with Crippen LogP contribution in [-0.4, -0.2) is 39.7 Å². The highest BCUT2D eigenvalue weighted by molar-refractivity contribution is 7.92. The van der Waals surface area contributed by atoms with E-state index in [2.05, 4.69) is 10.2 Å². The molecule has 0 spiro atoms. The Morgan fingerprint density at radius 1 is 1.07 bits per heavy atom. The average Bonchev–Trinajstić information content (AvgIpc) is 3.23. The highest BCUT2D eigenvalue weighted by Gasteiger charge is 2.29. The summed E-state index contributed by atoms with van der Waals surface area (Å²) in [5.74, 6) is -0.371.